The van der Waals surface area contributed by atoms with E-state index in [1.165, 1.54) is 6.42 Å². The van der Waals surface area contributed by atoms with E-state index < -0.39 is 0 Å². The van der Waals surface area contributed by atoms with E-state index in [-0.39, 0.29) is 6.23 Å². The molecule has 1 aliphatic rings. The SMILES string of the molecule is CCC(O[C@H](C)N)C1CC1C. The minimum Gasteiger partial charge on any atom is -0.360 e. The van der Waals surface area contributed by atoms with Crippen molar-refractivity contribution in [3.05, 3.63) is 0 Å². The highest BCUT2D eigenvalue weighted by molar-refractivity contribution is 4.88. The highest BCUT2D eigenvalue weighted by Crippen LogP contribution is 2.42. The Kier molecular flexibility index (Phi) is 2.90. The van der Waals surface area contributed by atoms with E-state index in [0.717, 1.165) is 18.3 Å². The number of nitrogens with two attached hydrogens (primary N) is 1. The number of ether oxygens (including phenoxy) is 1. The first kappa shape index (κ1) is 9.01. The fourth-order valence-electron chi connectivity index (χ4n) is 1.64. The molecule has 0 aromatic carbocycles. The summed E-state index contributed by atoms with van der Waals surface area (Å²) in [7, 11) is 0. The van der Waals surface area contributed by atoms with E-state index >= 15 is 0 Å². The van der Waals surface area contributed by atoms with Crippen molar-refractivity contribution in [3.63, 3.8) is 0 Å². The molecule has 1 rings (SSSR count). The molecule has 1 saturated carbocycles. The van der Waals surface area contributed by atoms with Crippen LogP contribution in [0, 0.1) is 11.8 Å². The quantitative estimate of drug-likeness (QED) is 0.631. The smallest absolute Gasteiger partial charge is 0.103 e. The van der Waals surface area contributed by atoms with E-state index in [1.807, 2.05) is 6.92 Å². The Bertz CT molecular complexity index is 125. The first-order chi connectivity index (χ1) is 5.15. The molecule has 2 heteroatoms. The maximum atomic E-state index is 5.57. The Balaban J connectivity index is 2.26. The molecule has 0 saturated heterocycles. The monoisotopic (exact) mass is 157 g/mol. The molecule has 0 radical (unpaired) electrons. The normalized spacial score (nSPS) is 34.9. The number of rotatable bonds is 4. The standard InChI is InChI=1S/C9H19NO/c1-4-9(11-7(3)10)8-5-6(8)2/h6-9H,4-5,10H2,1-3H3/t6?,7-,8?,9?/m1/s1. The molecule has 4 atom stereocenters. The summed E-state index contributed by atoms with van der Waals surface area (Å²) in [5.41, 5.74) is 5.56. The van der Waals surface area contributed by atoms with Gasteiger partial charge in [0.25, 0.3) is 0 Å². The summed E-state index contributed by atoms with van der Waals surface area (Å²) in [5, 5.41) is 0. The predicted octanol–water partition coefficient (Wildman–Crippen LogP) is 1.74. The van der Waals surface area contributed by atoms with Gasteiger partial charge in [0.2, 0.25) is 0 Å². The van der Waals surface area contributed by atoms with Gasteiger partial charge in [-0.1, -0.05) is 13.8 Å². The fraction of sp³-hybridized carbons (Fsp3) is 1.00. The Hall–Kier alpha value is -0.0800. The molecule has 0 heterocycles. The lowest BCUT2D eigenvalue weighted by Gasteiger charge is -2.18. The largest absolute Gasteiger partial charge is 0.360 e. The second kappa shape index (κ2) is 3.55. The summed E-state index contributed by atoms with van der Waals surface area (Å²) >= 11 is 0. The lowest BCUT2D eigenvalue weighted by Crippen LogP contribution is -2.27. The van der Waals surface area contributed by atoms with Crippen LogP contribution in [0.4, 0.5) is 0 Å². The summed E-state index contributed by atoms with van der Waals surface area (Å²) in [6, 6.07) is 0. The molecule has 0 aromatic rings. The van der Waals surface area contributed by atoms with Crippen LogP contribution in [0.15, 0.2) is 0 Å². The van der Waals surface area contributed by atoms with Gasteiger partial charge in [-0.25, -0.2) is 0 Å². The molecule has 0 bridgehead atoms. The lowest BCUT2D eigenvalue weighted by molar-refractivity contribution is -0.0151. The van der Waals surface area contributed by atoms with Crippen LogP contribution in [0.1, 0.15) is 33.6 Å². The minimum absolute atomic E-state index is 0.104. The predicted molar refractivity (Wildman–Crippen MR) is 46.1 cm³/mol. The van der Waals surface area contributed by atoms with Crippen LogP contribution < -0.4 is 5.73 Å². The van der Waals surface area contributed by atoms with Crippen LogP contribution in [-0.2, 0) is 4.74 Å². The van der Waals surface area contributed by atoms with Crippen molar-refractivity contribution >= 4 is 0 Å². The first-order valence-corrected chi connectivity index (χ1v) is 4.56. The zero-order valence-electron chi connectivity index (χ0n) is 7.71. The Labute approximate surface area is 69.1 Å². The maximum absolute atomic E-state index is 5.57. The number of hydrogen-bond donors (Lipinski definition) is 1. The molecule has 3 unspecified atom stereocenters. The summed E-state index contributed by atoms with van der Waals surface area (Å²) < 4.78 is 5.57. The summed E-state index contributed by atoms with van der Waals surface area (Å²) in [6.45, 7) is 6.34. The first-order valence-electron chi connectivity index (χ1n) is 4.56. The van der Waals surface area contributed by atoms with Crippen molar-refractivity contribution in [2.45, 2.75) is 45.9 Å². The van der Waals surface area contributed by atoms with E-state index in [9.17, 15) is 0 Å². The van der Waals surface area contributed by atoms with Gasteiger partial charge in [0.05, 0.1) is 6.10 Å². The molecule has 11 heavy (non-hydrogen) atoms. The second-order valence-electron chi connectivity index (χ2n) is 3.66. The van der Waals surface area contributed by atoms with Crippen LogP contribution in [0.5, 0.6) is 0 Å². The topological polar surface area (TPSA) is 35.2 Å². The third-order valence-electron chi connectivity index (χ3n) is 2.44. The number of hydrogen-bond acceptors (Lipinski definition) is 2. The average molecular weight is 157 g/mol. The summed E-state index contributed by atoms with van der Waals surface area (Å²) in [4.78, 5) is 0. The van der Waals surface area contributed by atoms with Crippen LogP contribution in [0.3, 0.4) is 0 Å². The third-order valence-corrected chi connectivity index (χ3v) is 2.44. The fourth-order valence-corrected chi connectivity index (χ4v) is 1.64. The zero-order valence-corrected chi connectivity index (χ0v) is 7.71. The van der Waals surface area contributed by atoms with Gasteiger partial charge >= 0.3 is 0 Å². The van der Waals surface area contributed by atoms with Gasteiger partial charge in [-0.05, 0) is 31.6 Å². The average Bonchev–Trinajstić information content (AvgIpc) is 2.61. The molecule has 66 valence electrons. The maximum Gasteiger partial charge on any atom is 0.103 e. The molecule has 0 aromatic heterocycles. The van der Waals surface area contributed by atoms with Crippen LogP contribution >= 0.6 is 0 Å². The van der Waals surface area contributed by atoms with Crippen LogP contribution in [-0.4, -0.2) is 12.3 Å². The van der Waals surface area contributed by atoms with Gasteiger partial charge in [-0.15, -0.1) is 0 Å². The Morgan fingerprint density at radius 1 is 1.64 bits per heavy atom. The van der Waals surface area contributed by atoms with Crippen molar-refractivity contribution in [1.82, 2.24) is 0 Å². The van der Waals surface area contributed by atoms with Gasteiger partial charge in [-0.2, -0.15) is 0 Å². The molecule has 0 amide bonds. The van der Waals surface area contributed by atoms with Gasteiger partial charge in [0.1, 0.15) is 6.23 Å². The molecule has 2 nitrogen and oxygen atoms in total. The second-order valence-corrected chi connectivity index (χ2v) is 3.66. The van der Waals surface area contributed by atoms with Gasteiger partial charge in [-0.3, -0.25) is 0 Å². The molecule has 1 aliphatic carbocycles. The summed E-state index contributed by atoms with van der Waals surface area (Å²) in [6.07, 6.45) is 2.72. The van der Waals surface area contributed by atoms with Crippen molar-refractivity contribution in [2.24, 2.45) is 17.6 Å². The molecular weight excluding hydrogens is 138 g/mol. The molecule has 2 N–H and O–H groups in total. The molecule has 0 aliphatic heterocycles. The van der Waals surface area contributed by atoms with Gasteiger partial charge in [0.15, 0.2) is 0 Å². The minimum atomic E-state index is -0.104. The molecular formula is C9H19NO. The highest BCUT2D eigenvalue weighted by Gasteiger charge is 2.39. The van der Waals surface area contributed by atoms with E-state index in [4.69, 9.17) is 10.5 Å². The van der Waals surface area contributed by atoms with Crippen molar-refractivity contribution in [1.29, 1.82) is 0 Å². The van der Waals surface area contributed by atoms with E-state index in [1.54, 1.807) is 0 Å². The highest BCUT2D eigenvalue weighted by atomic mass is 16.5. The van der Waals surface area contributed by atoms with Crippen LogP contribution in [0.25, 0.3) is 0 Å². The van der Waals surface area contributed by atoms with Crippen LogP contribution in [0.2, 0.25) is 0 Å². The third kappa shape index (κ3) is 2.46. The van der Waals surface area contributed by atoms with Crippen molar-refractivity contribution in [2.75, 3.05) is 0 Å². The van der Waals surface area contributed by atoms with E-state index in [2.05, 4.69) is 13.8 Å². The van der Waals surface area contributed by atoms with Crippen molar-refractivity contribution in [3.8, 4) is 0 Å². The van der Waals surface area contributed by atoms with Gasteiger partial charge in [0, 0.05) is 0 Å². The molecule has 0 spiro atoms. The molecule has 1 fully saturated rings. The summed E-state index contributed by atoms with van der Waals surface area (Å²) in [5.74, 6) is 1.64. The van der Waals surface area contributed by atoms with Gasteiger partial charge < -0.3 is 10.5 Å². The zero-order chi connectivity index (χ0) is 8.43. The van der Waals surface area contributed by atoms with Crippen molar-refractivity contribution < 1.29 is 4.74 Å². The lowest BCUT2D eigenvalue weighted by atomic mass is 10.1. The van der Waals surface area contributed by atoms with E-state index in [0.29, 0.717) is 6.10 Å². The Morgan fingerprint density at radius 3 is 2.45 bits per heavy atom. The Morgan fingerprint density at radius 2 is 2.18 bits per heavy atom.